The molecule has 6 heteroatoms. The molecule has 17 heavy (non-hydrogen) atoms. The number of anilines is 1. The molecule has 0 fully saturated rings. The highest BCUT2D eigenvalue weighted by Gasteiger charge is 2.13. The topological polar surface area (TPSA) is 59.8 Å². The summed E-state index contributed by atoms with van der Waals surface area (Å²) in [7, 11) is 1.80. The van der Waals surface area contributed by atoms with Crippen LogP contribution in [0.1, 0.15) is 16.1 Å². The van der Waals surface area contributed by atoms with E-state index in [4.69, 9.17) is 0 Å². The zero-order valence-electron chi connectivity index (χ0n) is 9.44. The number of nitrogens with one attached hydrogen (secondary N) is 1. The van der Waals surface area contributed by atoms with Crippen LogP contribution in [-0.2, 0) is 7.05 Å². The molecule has 0 atom stereocenters. The number of aromatic nitrogens is 3. The molecular weight excluding hydrogens is 284 g/mol. The van der Waals surface area contributed by atoms with Gasteiger partial charge in [0.25, 0.3) is 5.91 Å². The highest BCUT2D eigenvalue weighted by atomic mass is 79.9. The third-order valence-corrected chi connectivity index (χ3v) is 3.12. The maximum Gasteiger partial charge on any atom is 0.259 e. The number of hydrogen-bond acceptors (Lipinski definition) is 3. The molecule has 0 radical (unpaired) electrons. The van der Waals surface area contributed by atoms with Gasteiger partial charge in [-0.25, -0.2) is 4.98 Å². The average Bonchev–Trinajstić information content (AvgIpc) is 2.63. The lowest BCUT2D eigenvalue weighted by Gasteiger charge is -2.05. The summed E-state index contributed by atoms with van der Waals surface area (Å²) in [5.41, 5.74) is 2.02. The molecule has 2 heterocycles. The number of nitrogens with zero attached hydrogens (tertiary/aromatic N) is 3. The van der Waals surface area contributed by atoms with E-state index < -0.39 is 0 Å². The molecule has 0 aromatic carbocycles. The zero-order chi connectivity index (χ0) is 12.4. The van der Waals surface area contributed by atoms with E-state index in [1.54, 1.807) is 36.3 Å². The van der Waals surface area contributed by atoms with Gasteiger partial charge in [-0.05, 0) is 35.0 Å². The van der Waals surface area contributed by atoms with Crippen LogP contribution in [0.25, 0.3) is 0 Å². The first-order valence-electron chi connectivity index (χ1n) is 5.00. The lowest BCUT2D eigenvalue weighted by molar-refractivity contribution is 0.102. The Bertz CT molecular complexity index is 564. The van der Waals surface area contributed by atoms with E-state index >= 15 is 0 Å². The minimum absolute atomic E-state index is 0.190. The summed E-state index contributed by atoms with van der Waals surface area (Å²) in [4.78, 5) is 16.0. The summed E-state index contributed by atoms with van der Waals surface area (Å²) in [6, 6.07) is 3.54. The van der Waals surface area contributed by atoms with Crippen molar-refractivity contribution in [3.05, 3.63) is 40.4 Å². The van der Waals surface area contributed by atoms with Crippen molar-refractivity contribution in [1.29, 1.82) is 0 Å². The smallest absolute Gasteiger partial charge is 0.259 e. The highest BCUT2D eigenvalue weighted by Crippen LogP contribution is 2.19. The largest absolute Gasteiger partial charge is 0.320 e. The SMILES string of the molecule is Cc1c(C(=O)Nc2cccnc2Br)cnn1C. The van der Waals surface area contributed by atoms with Crippen LogP contribution in [-0.4, -0.2) is 20.7 Å². The van der Waals surface area contributed by atoms with Gasteiger partial charge in [0.1, 0.15) is 4.60 Å². The fraction of sp³-hybridized carbons (Fsp3) is 0.182. The van der Waals surface area contributed by atoms with E-state index in [0.717, 1.165) is 5.69 Å². The molecular formula is C11H11BrN4O. The van der Waals surface area contributed by atoms with Gasteiger partial charge >= 0.3 is 0 Å². The Hall–Kier alpha value is -1.69. The third-order valence-electron chi connectivity index (χ3n) is 2.49. The van der Waals surface area contributed by atoms with Gasteiger partial charge in [-0.2, -0.15) is 5.10 Å². The maximum absolute atomic E-state index is 12.0. The zero-order valence-corrected chi connectivity index (χ0v) is 11.0. The summed E-state index contributed by atoms with van der Waals surface area (Å²) in [6.45, 7) is 1.85. The number of hydrogen-bond donors (Lipinski definition) is 1. The molecule has 0 aliphatic rings. The van der Waals surface area contributed by atoms with Crippen LogP contribution in [0.3, 0.4) is 0 Å². The number of carbonyl (C=O) groups excluding carboxylic acids is 1. The van der Waals surface area contributed by atoms with Crippen molar-refractivity contribution in [2.75, 3.05) is 5.32 Å². The molecule has 0 saturated carbocycles. The van der Waals surface area contributed by atoms with Crippen LogP contribution in [0, 0.1) is 6.92 Å². The molecule has 0 aliphatic heterocycles. The van der Waals surface area contributed by atoms with E-state index in [0.29, 0.717) is 15.9 Å². The highest BCUT2D eigenvalue weighted by molar-refractivity contribution is 9.10. The second-order valence-electron chi connectivity index (χ2n) is 3.56. The summed E-state index contributed by atoms with van der Waals surface area (Å²) in [6.07, 6.45) is 3.20. The second-order valence-corrected chi connectivity index (χ2v) is 4.31. The standard InChI is InChI=1S/C11H11BrN4O/c1-7-8(6-14-16(7)2)11(17)15-9-4-3-5-13-10(9)12/h3-6H,1-2H3,(H,15,17). The van der Waals surface area contributed by atoms with Gasteiger partial charge in [0, 0.05) is 18.9 Å². The van der Waals surface area contributed by atoms with E-state index in [2.05, 4.69) is 31.3 Å². The number of halogens is 1. The molecule has 5 nitrogen and oxygen atoms in total. The van der Waals surface area contributed by atoms with E-state index in [1.165, 1.54) is 0 Å². The predicted molar refractivity (Wildman–Crippen MR) is 67.8 cm³/mol. The van der Waals surface area contributed by atoms with Gasteiger partial charge in [0.05, 0.1) is 17.4 Å². The van der Waals surface area contributed by atoms with Gasteiger partial charge in [0.2, 0.25) is 0 Å². The minimum atomic E-state index is -0.190. The lowest BCUT2D eigenvalue weighted by Crippen LogP contribution is -2.13. The Labute approximate surface area is 107 Å². The van der Waals surface area contributed by atoms with Crippen molar-refractivity contribution in [3.63, 3.8) is 0 Å². The maximum atomic E-state index is 12.0. The first-order valence-corrected chi connectivity index (χ1v) is 5.79. The van der Waals surface area contributed by atoms with Gasteiger partial charge < -0.3 is 5.32 Å². The molecule has 0 bridgehead atoms. The Balaban J connectivity index is 2.23. The van der Waals surface area contributed by atoms with Crippen LogP contribution < -0.4 is 5.32 Å². The summed E-state index contributed by atoms with van der Waals surface area (Å²) in [5.74, 6) is -0.190. The molecule has 0 aliphatic carbocycles. The van der Waals surface area contributed by atoms with Gasteiger partial charge in [0.15, 0.2) is 0 Å². The molecule has 2 rings (SSSR count). The van der Waals surface area contributed by atoms with Crippen molar-refractivity contribution >= 4 is 27.5 Å². The van der Waals surface area contributed by atoms with Gasteiger partial charge in [-0.1, -0.05) is 0 Å². The van der Waals surface area contributed by atoms with Crippen molar-refractivity contribution in [2.24, 2.45) is 7.05 Å². The third kappa shape index (κ3) is 2.36. The van der Waals surface area contributed by atoms with Crippen molar-refractivity contribution in [1.82, 2.24) is 14.8 Å². The molecule has 1 amide bonds. The monoisotopic (exact) mass is 294 g/mol. The molecule has 0 saturated heterocycles. The first-order chi connectivity index (χ1) is 8.09. The van der Waals surface area contributed by atoms with Crippen molar-refractivity contribution in [2.45, 2.75) is 6.92 Å². The van der Waals surface area contributed by atoms with Crippen molar-refractivity contribution in [3.8, 4) is 0 Å². The fourth-order valence-electron chi connectivity index (χ4n) is 1.39. The lowest BCUT2D eigenvalue weighted by atomic mass is 10.2. The van der Waals surface area contributed by atoms with Gasteiger partial charge in [-0.15, -0.1) is 0 Å². The number of rotatable bonds is 2. The van der Waals surface area contributed by atoms with Crippen LogP contribution in [0.2, 0.25) is 0 Å². The van der Waals surface area contributed by atoms with Crippen molar-refractivity contribution < 1.29 is 4.79 Å². The number of carbonyl (C=O) groups is 1. The summed E-state index contributed by atoms with van der Waals surface area (Å²) >= 11 is 3.27. The summed E-state index contributed by atoms with van der Waals surface area (Å²) in [5, 5.41) is 6.81. The molecule has 1 N–H and O–H groups in total. The first kappa shape index (κ1) is 11.8. The number of pyridine rings is 1. The van der Waals surface area contributed by atoms with E-state index in [1.807, 2.05) is 6.92 Å². The quantitative estimate of drug-likeness (QED) is 0.863. The fourth-order valence-corrected chi connectivity index (χ4v) is 1.74. The summed E-state index contributed by atoms with van der Waals surface area (Å²) < 4.78 is 2.27. The Morgan fingerprint density at radius 3 is 2.88 bits per heavy atom. The van der Waals surface area contributed by atoms with Crippen LogP contribution in [0.15, 0.2) is 29.1 Å². The molecule has 2 aromatic heterocycles. The van der Waals surface area contributed by atoms with Gasteiger partial charge in [-0.3, -0.25) is 9.48 Å². The van der Waals surface area contributed by atoms with Crippen LogP contribution >= 0.6 is 15.9 Å². The van der Waals surface area contributed by atoms with E-state index in [9.17, 15) is 4.79 Å². The number of amides is 1. The Morgan fingerprint density at radius 1 is 1.53 bits per heavy atom. The normalized spacial score (nSPS) is 10.3. The average molecular weight is 295 g/mol. The Kier molecular flexibility index (Phi) is 3.23. The number of aryl methyl sites for hydroxylation is 1. The molecule has 88 valence electrons. The van der Waals surface area contributed by atoms with E-state index in [-0.39, 0.29) is 5.91 Å². The minimum Gasteiger partial charge on any atom is -0.320 e. The van der Waals surface area contributed by atoms with Crippen LogP contribution in [0.4, 0.5) is 5.69 Å². The van der Waals surface area contributed by atoms with Crippen LogP contribution in [0.5, 0.6) is 0 Å². The Morgan fingerprint density at radius 2 is 2.29 bits per heavy atom. The molecule has 2 aromatic rings. The second kappa shape index (κ2) is 4.67. The predicted octanol–water partition coefficient (Wildman–Crippen LogP) is 2.14. The molecule has 0 unspecified atom stereocenters. The molecule has 0 spiro atoms.